The van der Waals surface area contributed by atoms with Gasteiger partial charge in [-0.2, -0.15) is 0 Å². The van der Waals surface area contributed by atoms with Crippen molar-refractivity contribution in [1.82, 2.24) is 0 Å². The van der Waals surface area contributed by atoms with Crippen LogP contribution in [0.1, 0.15) is 5.56 Å². The van der Waals surface area contributed by atoms with Crippen LogP contribution in [0.2, 0.25) is 0 Å². The molecule has 0 aliphatic carbocycles. The van der Waals surface area contributed by atoms with E-state index in [0.717, 1.165) is 0 Å². The zero-order valence-corrected chi connectivity index (χ0v) is 12.2. The fourth-order valence-electron chi connectivity index (χ4n) is 2.40. The largest absolute Gasteiger partial charge is 0.489 e. The first-order chi connectivity index (χ1) is 10.1. The van der Waals surface area contributed by atoms with Crippen LogP contribution in [0, 0.1) is 0 Å². The van der Waals surface area contributed by atoms with Gasteiger partial charge in [0.05, 0.1) is 18.0 Å². The number of anilines is 2. The van der Waals surface area contributed by atoms with E-state index < -0.39 is 10.0 Å². The minimum absolute atomic E-state index is 0.0770. The summed E-state index contributed by atoms with van der Waals surface area (Å²) in [4.78, 5) is 0. The van der Waals surface area contributed by atoms with Gasteiger partial charge in [0, 0.05) is 5.69 Å². The normalized spacial score (nSPS) is 14.4. The molecule has 21 heavy (non-hydrogen) atoms. The predicted octanol–water partition coefficient (Wildman–Crippen LogP) is 2.00. The molecule has 3 rings (SSSR count). The Hall–Kier alpha value is -2.21. The van der Waals surface area contributed by atoms with Crippen LogP contribution in [-0.2, 0) is 15.8 Å². The number of benzene rings is 2. The average molecular weight is 304 g/mol. The van der Waals surface area contributed by atoms with E-state index in [1.807, 2.05) is 6.07 Å². The number of fused-ring (bicyclic) bond motifs is 1. The number of hydrogen-bond donors (Lipinski definition) is 1. The summed E-state index contributed by atoms with van der Waals surface area (Å²) in [5.41, 5.74) is 7.53. The molecule has 1 heterocycles. The fraction of sp³-hybridized carbons (Fsp3) is 0.200. The average Bonchev–Trinajstić information content (AvgIpc) is 2.46. The molecule has 2 aromatic rings. The number of hydrogen-bond acceptors (Lipinski definition) is 4. The van der Waals surface area contributed by atoms with Crippen LogP contribution in [-0.4, -0.2) is 21.6 Å². The van der Waals surface area contributed by atoms with Gasteiger partial charge in [0.1, 0.15) is 12.4 Å². The zero-order chi connectivity index (χ0) is 14.9. The van der Waals surface area contributed by atoms with E-state index in [2.05, 4.69) is 0 Å². The van der Waals surface area contributed by atoms with Crippen molar-refractivity contribution < 1.29 is 13.2 Å². The molecule has 0 atom stereocenters. The molecule has 0 fully saturated rings. The Kier molecular flexibility index (Phi) is 3.47. The van der Waals surface area contributed by atoms with Crippen molar-refractivity contribution in [1.29, 1.82) is 0 Å². The van der Waals surface area contributed by atoms with Gasteiger partial charge in [-0.25, -0.2) is 8.42 Å². The molecule has 0 radical (unpaired) electrons. The molecule has 0 spiro atoms. The highest BCUT2D eigenvalue weighted by Crippen LogP contribution is 2.33. The molecule has 2 aromatic carbocycles. The Morgan fingerprint density at radius 3 is 2.76 bits per heavy atom. The van der Waals surface area contributed by atoms with E-state index in [1.165, 1.54) is 4.31 Å². The van der Waals surface area contributed by atoms with Crippen molar-refractivity contribution in [2.45, 2.75) is 5.75 Å². The lowest BCUT2D eigenvalue weighted by Gasteiger charge is -2.30. The van der Waals surface area contributed by atoms with Gasteiger partial charge >= 0.3 is 0 Å². The summed E-state index contributed by atoms with van der Waals surface area (Å²) >= 11 is 0. The van der Waals surface area contributed by atoms with Crippen LogP contribution in [0.5, 0.6) is 5.75 Å². The summed E-state index contributed by atoms with van der Waals surface area (Å²) in [5, 5.41) is 0. The molecule has 0 amide bonds. The van der Waals surface area contributed by atoms with E-state index in [4.69, 9.17) is 10.5 Å². The van der Waals surface area contributed by atoms with E-state index >= 15 is 0 Å². The third-order valence-electron chi connectivity index (χ3n) is 3.32. The minimum atomic E-state index is -3.47. The Balaban J connectivity index is 1.93. The summed E-state index contributed by atoms with van der Waals surface area (Å²) in [6, 6.07) is 14.1. The maximum atomic E-state index is 12.7. The summed E-state index contributed by atoms with van der Waals surface area (Å²) < 4.78 is 32.2. The van der Waals surface area contributed by atoms with Gasteiger partial charge in [-0.3, -0.25) is 4.31 Å². The molecule has 0 unspecified atom stereocenters. The number of rotatable bonds is 3. The highest BCUT2D eigenvalue weighted by Gasteiger charge is 2.28. The molecule has 110 valence electrons. The van der Waals surface area contributed by atoms with Crippen LogP contribution < -0.4 is 14.8 Å². The molecule has 1 aliphatic rings. The molecule has 0 saturated carbocycles. The lowest BCUT2D eigenvalue weighted by molar-refractivity contribution is 0.316. The second-order valence-corrected chi connectivity index (χ2v) is 6.78. The number of sulfonamides is 1. The van der Waals surface area contributed by atoms with Gasteiger partial charge in [0.2, 0.25) is 10.0 Å². The molecular weight excluding hydrogens is 288 g/mol. The second-order valence-electron chi connectivity index (χ2n) is 4.89. The van der Waals surface area contributed by atoms with Crippen molar-refractivity contribution in [3.05, 3.63) is 54.1 Å². The minimum Gasteiger partial charge on any atom is -0.489 e. The SMILES string of the molecule is Nc1cccc(CS(=O)(=O)N2CCOc3ccccc32)c1. The lowest BCUT2D eigenvalue weighted by Crippen LogP contribution is -2.38. The summed E-state index contributed by atoms with van der Waals surface area (Å²) in [5.74, 6) is 0.520. The molecule has 1 aliphatic heterocycles. The van der Waals surface area contributed by atoms with E-state index in [-0.39, 0.29) is 5.75 Å². The molecule has 5 nitrogen and oxygen atoms in total. The monoisotopic (exact) mass is 304 g/mol. The number of nitrogens with zero attached hydrogens (tertiary/aromatic N) is 1. The van der Waals surface area contributed by atoms with Crippen molar-refractivity contribution >= 4 is 21.4 Å². The van der Waals surface area contributed by atoms with E-state index in [9.17, 15) is 8.42 Å². The van der Waals surface area contributed by atoms with Crippen LogP contribution >= 0.6 is 0 Å². The predicted molar refractivity (Wildman–Crippen MR) is 82.8 cm³/mol. The van der Waals surface area contributed by atoms with Crippen LogP contribution in [0.25, 0.3) is 0 Å². The molecule has 0 saturated heterocycles. The van der Waals surface area contributed by atoms with Gasteiger partial charge in [0.25, 0.3) is 0 Å². The fourth-order valence-corrected chi connectivity index (χ4v) is 3.96. The third kappa shape index (κ3) is 2.80. The van der Waals surface area contributed by atoms with Gasteiger partial charge in [0.15, 0.2) is 0 Å². The van der Waals surface area contributed by atoms with Gasteiger partial charge < -0.3 is 10.5 Å². The lowest BCUT2D eigenvalue weighted by atomic mass is 10.2. The van der Waals surface area contributed by atoms with E-state index in [0.29, 0.717) is 35.8 Å². The van der Waals surface area contributed by atoms with Crippen molar-refractivity contribution in [3.8, 4) is 5.75 Å². The Labute approximate surface area is 124 Å². The van der Waals surface area contributed by atoms with Crippen LogP contribution in [0.3, 0.4) is 0 Å². The molecular formula is C15H16N2O3S. The number of ether oxygens (including phenoxy) is 1. The smallest absolute Gasteiger partial charge is 0.239 e. The Bertz CT molecular complexity index is 759. The highest BCUT2D eigenvalue weighted by molar-refractivity contribution is 7.92. The third-order valence-corrected chi connectivity index (χ3v) is 5.07. The summed E-state index contributed by atoms with van der Waals surface area (Å²) in [6.07, 6.45) is 0. The highest BCUT2D eigenvalue weighted by atomic mass is 32.2. The quantitative estimate of drug-likeness (QED) is 0.880. The van der Waals surface area contributed by atoms with Crippen LogP contribution in [0.15, 0.2) is 48.5 Å². The summed E-state index contributed by atoms with van der Waals surface area (Å²) in [6.45, 7) is 0.675. The first kappa shape index (κ1) is 13.8. The Morgan fingerprint density at radius 1 is 1.14 bits per heavy atom. The standard InChI is InChI=1S/C15H16N2O3S/c16-13-5-3-4-12(10-13)11-21(18,19)17-8-9-20-15-7-2-1-6-14(15)17/h1-7,10H,8-9,11,16H2. The first-order valence-electron chi connectivity index (χ1n) is 6.63. The number of nitrogen functional groups attached to an aromatic ring is 1. The number of nitrogens with two attached hydrogens (primary N) is 1. The van der Waals surface area contributed by atoms with Gasteiger partial charge in [-0.15, -0.1) is 0 Å². The maximum Gasteiger partial charge on any atom is 0.239 e. The summed E-state index contributed by atoms with van der Waals surface area (Å²) in [7, 11) is -3.47. The zero-order valence-electron chi connectivity index (χ0n) is 11.4. The van der Waals surface area contributed by atoms with Gasteiger partial charge in [-0.05, 0) is 29.8 Å². The second kappa shape index (κ2) is 5.29. The molecule has 0 aromatic heterocycles. The van der Waals surface area contributed by atoms with E-state index in [1.54, 1.807) is 42.5 Å². The van der Waals surface area contributed by atoms with Crippen LogP contribution in [0.4, 0.5) is 11.4 Å². The van der Waals surface area contributed by atoms with Crippen molar-refractivity contribution in [2.75, 3.05) is 23.2 Å². The Morgan fingerprint density at radius 2 is 1.95 bits per heavy atom. The molecule has 0 bridgehead atoms. The first-order valence-corrected chi connectivity index (χ1v) is 8.24. The molecule has 6 heteroatoms. The maximum absolute atomic E-state index is 12.7. The van der Waals surface area contributed by atoms with Gasteiger partial charge in [-0.1, -0.05) is 24.3 Å². The van der Waals surface area contributed by atoms with Crippen molar-refractivity contribution in [2.24, 2.45) is 0 Å². The van der Waals surface area contributed by atoms with Crippen molar-refractivity contribution in [3.63, 3.8) is 0 Å². The topological polar surface area (TPSA) is 72.6 Å². The number of para-hydroxylation sites is 2. The molecule has 2 N–H and O–H groups in total.